The van der Waals surface area contributed by atoms with Crippen molar-refractivity contribution < 1.29 is 14.0 Å². The van der Waals surface area contributed by atoms with Crippen LogP contribution in [0.2, 0.25) is 5.02 Å². The van der Waals surface area contributed by atoms with Gasteiger partial charge in [-0.25, -0.2) is 4.39 Å². The molecule has 0 saturated carbocycles. The van der Waals surface area contributed by atoms with Crippen LogP contribution in [0.1, 0.15) is 27.2 Å². The summed E-state index contributed by atoms with van der Waals surface area (Å²) in [6.45, 7) is 5.68. The Hall–Kier alpha value is -2.99. The summed E-state index contributed by atoms with van der Waals surface area (Å²) in [6.07, 6.45) is 0.285. The van der Waals surface area contributed by atoms with Crippen molar-refractivity contribution in [3.05, 3.63) is 75.7 Å². The van der Waals surface area contributed by atoms with Crippen LogP contribution in [0.15, 0.2) is 42.5 Å². The molecule has 3 aromatic rings. The first kappa shape index (κ1) is 21.2. The van der Waals surface area contributed by atoms with Crippen LogP contribution in [0.4, 0.5) is 4.39 Å². The first-order chi connectivity index (χ1) is 14.8. The van der Waals surface area contributed by atoms with Crippen molar-refractivity contribution in [2.24, 2.45) is 0 Å². The number of aryl methyl sites for hydroxylation is 2. The van der Waals surface area contributed by atoms with Gasteiger partial charge in [0.1, 0.15) is 5.82 Å². The Morgan fingerprint density at radius 2 is 1.71 bits per heavy atom. The molecule has 0 N–H and O–H groups in total. The van der Waals surface area contributed by atoms with Crippen LogP contribution in [0, 0.1) is 19.7 Å². The molecule has 2 heterocycles. The molecule has 5 nitrogen and oxygen atoms in total. The molecule has 2 aromatic carbocycles. The molecule has 1 aliphatic rings. The van der Waals surface area contributed by atoms with Crippen LogP contribution in [0.3, 0.4) is 0 Å². The minimum atomic E-state index is -0.481. The summed E-state index contributed by atoms with van der Waals surface area (Å²) in [5.74, 6) is -0.705. The number of carbonyl (C=O) groups is 2. The number of fused-ring (bicyclic) bond motifs is 1. The van der Waals surface area contributed by atoms with Gasteiger partial charge in [-0.1, -0.05) is 29.8 Å². The first-order valence-electron chi connectivity index (χ1n) is 10.2. The van der Waals surface area contributed by atoms with Gasteiger partial charge in [-0.05, 0) is 49.2 Å². The Labute approximate surface area is 185 Å². The molecule has 1 saturated heterocycles. The Morgan fingerprint density at radius 1 is 1.03 bits per heavy atom. The number of carbonyl (C=O) groups excluding carboxylic acids is 2. The number of pyridine rings is 1. The number of rotatable bonds is 3. The number of hydrogen-bond donors (Lipinski definition) is 0. The molecule has 1 aliphatic heterocycles. The third-order valence-corrected chi connectivity index (χ3v) is 6.21. The largest absolute Gasteiger partial charge is 0.339 e. The Morgan fingerprint density at radius 3 is 2.42 bits per heavy atom. The van der Waals surface area contributed by atoms with Crippen LogP contribution in [0.25, 0.3) is 10.9 Å². The summed E-state index contributed by atoms with van der Waals surface area (Å²) in [5, 5.41) is 1.15. The van der Waals surface area contributed by atoms with Crippen molar-refractivity contribution in [2.75, 3.05) is 26.2 Å². The Bertz CT molecular complexity index is 1170. The maximum absolute atomic E-state index is 13.3. The summed E-state index contributed by atoms with van der Waals surface area (Å²) in [4.78, 5) is 33.8. The van der Waals surface area contributed by atoms with Crippen LogP contribution >= 0.6 is 11.6 Å². The van der Waals surface area contributed by atoms with Gasteiger partial charge in [0, 0.05) is 37.3 Å². The van der Waals surface area contributed by atoms with E-state index in [0.29, 0.717) is 26.2 Å². The fourth-order valence-corrected chi connectivity index (χ4v) is 4.33. The van der Waals surface area contributed by atoms with E-state index in [4.69, 9.17) is 11.6 Å². The highest BCUT2D eigenvalue weighted by atomic mass is 35.5. The second-order valence-electron chi connectivity index (χ2n) is 7.79. The van der Waals surface area contributed by atoms with E-state index in [2.05, 4.69) is 4.98 Å². The Kier molecular flexibility index (Phi) is 5.92. The number of benzene rings is 2. The van der Waals surface area contributed by atoms with E-state index in [-0.39, 0.29) is 28.8 Å². The number of nitrogens with zero attached hydrogens (tertiary/aromatic N) is 3. The van der Waals surface area contributed by atoms with Gasteiger partial charge in [0.15, 0.2) is 0 Å². The molecular formula is C24H23ClFN3O2. The average molecular weight is 440 g/mol. The third kappa shape index (κ3) is 4.26. The second kappa shape index (κ2) is 8.63. The van der Waals surface area contributed by atoms with Crippen molar-refractivity contribution in [1.29, 1.82) is 0 Å². The molecule has 0 spiro atoms. The highest BCUT2D eigenvalue weighted by Crippen LogP contribution is 2.24. The molecule has 7 heteroatoms. The molecule has 0 atom stereocenters. The highest BCUT2D eigenvalue weighted by molar-refractivity contribution is 6.33. The molecule has 2 amide bonds. The maximum atomic E-state index is 13.3. The van der Waals surface area contributed by atoms with Gasteiger partial charge in [0.25, 0.3) is 5.91 Å². The number of amides is 2. The van der Waals surface area contributed by atoms with E-state index in [9.17, 15) is 14.0 Å². The zero-order valence-corrected chi connectivity index (χ0v) is 18.2. The van der Waals surface area contributed by atoms with Crippen LogP contribution < -0.4 is 0 Å². The monoisotopic (exact) mass is 439 g/mol. The highest BCUT2D eigenvalue weighted by Gasteiger charge is 2.26. The first-order valence-corrected chi connectivity index (χ1v) is 10.6. The summed E-state index contributed by atoms with van der Waals surface area (Å²) in [7, 11) is 0. The minimum Gasteiger partial charge on any atom is -0.339 e. The van der Waals surface area contributed by atoms with Crippen molar-refractivity contribution in [3.8, 4) is 0 Å². The van der Waals surface area contributed by atoms with Gasteiger partial charge in [-0.2, -0.15) is 0 Å². The number of piperazine rings is 1. The quantitative estimate of drug-likeness (QED) is 0.615. The normalized spacial score (nSPS) is 14.2. The summed E-state index contributed by atoms with van der Waals surface area (Å²) < 4.78 is 13.3. The lowest BCUT2D eigenvalue weighted by Crippen LogP contribution is -2.51. The topological polar surface area (TPSA) is 53.5 Å². The number of aromatic nitrogens is 1. The van der Waals surface area contributed by atoms with E-state index in [1.165, 1.54) is 12.1 Å². The minimum absolute atomic E-state index is 0.0233. The molecule has 0 aliphatic carbocycles. The van der Waals surface area contributed by atoms with Gasteiger partial charge in [0.2, 0.25) is 5.91 Å². The van der Waals surface area contributed by atoms with Gasteiger partial charge in [-0.3, -0.25) is 14.6 Å². The molecule has 160 valence electrons. The molecule has 0 unspecified atom stereocenters. The van der Waals surface area contributed by atoms with Gasteiger partial charge >= 0.3 is 0 Å². The average Bonchev–Trinajstić information content (AvgIpc) is 2.76. The van der Waals surface area contributed by atoms with E-state index >= 15 is 0 Å². The molecule has 0 radical (unpaired) electrons. The van der Waals surface area contributed by atoms with Crippen molar-refractivity contribution in [3.63, 3.8) is 0 Å². The molecule has 1 fully saturated rings. The lowest BCUT2D eigenvalue weighted by Gasteiger charge is -2.35. The molecule has 4 rings (SSSR count). The van der Waals surface area contributed by atoms with Crippen molar-refractivity contribution >= 4 is 34.3 Å². The zero-order chi connectivity index (χ0) is 22.1. The SMILES string of the molecule is Cc1nc2ccccc2c(C)c1CC(=O)N1CCN(C(=O)c2ccc(F)cc2Cl)CC1. The predicted molar refractivity (Wildman–Crippen MR) is 119 cm³/mol. The smallest absolute Gasteiger partial charge is 0.255 e. The number of para-hydroxylation sites is 1. The van der Waals surface area contributed by atoms with Crippen LogP contribution in [-0.2, 0) is 11.2 Å². The maximum Gasteiger partial charge on any atom is 0.255 e. The fraction of sp³-hybridized carbons (Fsp3) is 0.292. The predicted octanol–water partition coefficient (Wildman–Crippen LogP) is 4.17. The lowest BCUT2D eigenvalue weighted by atomic mass is 9.99. The van der Waals surface area contributed by atoms with Crippen molar-refractivity contribution in [2.45, 2.75) is 20.3 Å². The fourth-order valence-electron chi connectivity index (χ4n) is 4.09. The zero-order valence-electron chi connectivity index (χ0n) is 17.5. The van der Waals surface area contributed by atoms with E-state index < -0.39 is 5.82 Å². The van der Waals surface area contributed by atoms with Gasteiger partial charge in [0.05, 0.1) is 22.5 Å². The Balaban J connectivity index is 1.43. The molecule has 0 bridgehead atoms. The van der Waals surface area contributed by atoms with E-state index in [0.717, 1.165) is 33.8 Å². The standard InChI is InChI=1S/C24H23ClFN3O2/c1-15-18-5-3-4-6-22(18)27-16(2)20(15)14-23(30)28-9-11-29(12-10-28)24(31)19-8-7-17(26)13-21(19)25/h3-8,13H,9-12,14H2,1-2H3. The lowest BCUT2D eigenvalue weighted by molar-refractivity contribution is -0.131. The summed E-state index contributed by atoms with van der Waals surface area (Å²) >= 11 is 6.03. The summed E-state index contributed by atoms with van der Waals surface area (Å²) in [6, 6.07) is 11.7. The second-order valence-corrected chi connectivity index (χ2v) is 8.20. The molecule has 31 heavy (non-hydrogen) atoms. The van der Waals surface area contributed by atoms with E-state index in [1.54, 1.807) is 9.80 Å². The van der Waals surface area contributed by atoms with Crippen molar-refractivity contribution in [1.82, 2.24) is 14.8 Å². The van der Waals surface area contributed by atoms with E-state index in [1.807, 2.05) is 38.1 Å². The van der Waals surface area contributed by atoms with Gasteiger partial charge in [-0.15, -0.1) is 0 Å². The van der Waals surface area contributed by atoms with Gasteiger partial charge < -0.3 is 9.80 Å². The third-order valence-electron chi connectivity index (χ3n) is 5.89. The summed E-state index contributed by atoms with van der Waals surface area (Å²) in [5.41, 5.74) is 4.11. The number of halogens is 2. The molecule has 1 aromatic heterocycles. The molecular weight excluding hydrogens is 417 g/mol. The van der Waals surface area contributed by atoms with Crippen LogP contribution in [0.5, 0.6) is 0 Å². The van der Waals surface area contributed by atoms with Crippen LogP contribution in [-0.4, -0.2) is 52.8 Å². The number of hydrogen-bond acceptors (Lipinski definition) is 3.